The van der Waals surface area contributed by atoms with Gasteiger partial charge in [-0.05, 0) is 62.2 Å². The molecular formula is C27H32N8O. The van der Waals surface area contributed by atoms with Crippen LogP contribution in [0.1, 0.15) is 37.8 Å². The van der Waals surface area contributed by atoms with E-state index in [9.17, 15) is 4.79 Å². The van der Waals surface area contributed by atoms with E-state index >= 15 is 0 Å². The SMILES string of the molecule is Cn1ncc2cc(Nc3ncnc4[nH]c(C5=CCN(C(=O)CCN6CCCCC6)CC5)cc34)ccc21. The van der Waals surface area contributed by atoms with Gasteiger partial charge < -0.3 is 20.1 Å². The molecule has 2 aliphatic heterocycles. The van der Waals surface area contributed by atoms with Gasteiger partial charge in [0.1, 0.15) is 17.8 Å². The van der Waals surface area contributed by atoms with E-state index < -0.39 is 0 Å². The van der Waals surface area contributed by atoms with Crippen LogP contribution in [0, 0.1) is 0 Å². The summed E-state index contributed by atoms with van der Waals surface area (Å²) in [7, 11) is 1.94. The number of carbonyl (C=O) groups is 1. The highest BCUT2D eigenvalue weighted by Gasteiger charge is 2.21. The number of hydrogen-bond acceptors (Lipinski definition) is 6. The number of anilines is 2. The Morgan fingerprint density at radius 1 is 1.11 bits per heavy atom. The average molecular weight is 485 g/mol. The summed E-state index contributed by atoms with van der Waals surface area (Å²) in [5.41, 5.74) is 5.09. The lowest BCUT2D eigenvalue weighted by Gasteiger charge is -2.29. The Bertz CT molecular complexity index is 1430. The van der Waals surface area contributed by atoms with Gasteiger partial charge in [0.05, 0.1) is 17.1 Å². The molecule has 0 unspecified atom stereocenters. The first-order valence-electron chi connectivity index (χ1n) is 12.9. The lowest BCUT2D eigenvalue weighted by atomic mass is 10.0. The maximum absolute atomic E-state index is 12.8. The van der Waals surface area contributed by atoms with Crippen LogP contribution >= 0.6 is 0 Å². The Morgan fingerprint density at radius 2 is 2.00 bits per heavy atom. The number of likely N-dealkylation sites (tertiary alicyclic amines) is 1. The van der Waals surface area contributed by atoms with Crippen LogP contribution in [-0.4, -0.2) is 73.2 Å². The molecule has 0 radical (unpaired) electrons. The summed E-state index contributed by atoms with van der Waals surface area (Å²) >= 11 is 0. The first-order chi connectivity index (χ1) is 17.6. The second-order valence-corrected chi connectivity index (χ2v) is 9.81. The number of fused-ring (bicyclic) bond motifs is 2. The summed E-state index contributed by atoms with van der Waals surface area (Å²) in [4.78, 5) is 29.6. The van der Waals surface area contributed by atoms with Crippen LogP contribution in [0.4, 0.5) is 11.5 Å². The molecule has 0 atom stereocenters. The predicted octanol–water partition coefficient (Wildman–Crippen LogP) is 4.08. The normalized spacial score (nSPS) is 17.0. The molecule has 1 aromatic carbocycles. The van der Waals surface area contributed by atoms with Gasteiger partial charge in [0, 0.05) is 49.9 Å². The zero-order valence-corrected chi connectivity index (χ0v) is 20.7. The van der Waals surface area contributed by atoms with E-state index in [-0.39, 0.29) is 5.91 Å². The van der Waals surface area contributed by atoms with Crippen molar-refractivity contribution < 1.29 is 4.79 Å². The minimum atomic E-state index is 0.260. The molecule has 2 N–H and O–H groups in total. The maximum atomic E-state index is 12.8. The Kier molecular flexibility index (Phi) is 6.14. The highest BCUT2D eigenvalue weighted by molar-refractivity contribution is 5.93. The first kappa shape index (κ1) is 22.7. The van der Waals surface area contributed by atoms with Gasteiger partial charge in [-0.2, -0.15) is 5.10 Å². The van der Waals surface area contributed by atoms with Crippen molar-refractivity contribution in [1.82, 2.24) is 34.5 Å². The minimum absolute atomic E-state index is 0.260. The van der Waals surface area contributed by atoms with Crippen LogP contribution in [-0.2, 0) is 11.8 Å². The molecule has 1 fully saturated rings. The molecular weight excluding hydrogens is 452 g/mol. The third-order valence-corrected chi connectivity index (χ3v) is 7.43. The van der Waals surface area contributed by atoms with Crippen LogP contribution in [0.25, 0.3) is 27.5 Å². The smallest absolute Gasteiger partial charge is 0.224 e. The largest absolute Gasteiger partial charge is 0.340 e. The number of hydrogen-bond donors (Lipinski definition) is 2. The monoisotopic (exact) mass is 484 g/mol. The van der Waals surface area contributed by atoms with Crippen molar-refractivity contribution in [3.8, 4) is 0 Å². The van der Waals surface area contributed by atoms with Crippen molar-refractivity contribution in [3.63, 3.8) is 0 Å². The third kappa shape index (κ3) is 4.58. The quantitative estimate of drug-likeness (QED) is 0.428. The molecule has 0 saturated carbocycles. The summed E-state index contributed by atoms with van der Waals surface area (Å²) in [6.45, 7) is 4.56. The fourth-order valence-corrected chi connectivity index (χ4v) is 5.33. The highest BCUT2D eigenvalue weighted by Crippen LogP contribution is 2.30. The number of nitrogens with zero attached hydrogens (tertiary/aromatic N) is 6. The summed E-state index contributed by atoms with van der Waals surface area (Å²) in [5.74, 6) is 1.02. The lowest BCUT2D eigenvalue weighted by molar-refractivity contribution is -0.131. The number of carbonyl (C=O) groups excluding carboxylic acids is 1. The molecule has 3 aromatic heterocycles. The number of piperidine rings is 1. The van der Waals surface area contributed by atoms with Crippen molar-refractivity contribution in [1.29, 1.82) is 0 Å². The summed E-state index contributed by atoms with van der Waals surface area (Å²) in [6, 6.07) is 8.27. The van der Waals surface area contributed by atoms with Crippen molar-refractivity contribution in [2.24, 2.45) is 7.05 Å². The zero-order chi connectivity index (χ0) is 24.5. The Balaban J connectivity index is 1.14. The van der Waals surface area contributed by atoms with Gasteiger partial charge in [-0.1, -0.05) is 12.5 Å². The molecule has 6 rings (SSSR count). The molecule has 36 heavy (non-hydrogen) atoms. The van der Waals surface area contributed by atoms with Crippen LogP contribution in [0.2, 0.25) is 0 Å². The standard InChI is InChI=1S/C27H32N8O/c1-33-24-6-5-21(15-20(24)17-30-33)31-26-22-16-23(32-27(22)29-18-28-26)19-7-13-35(14-8-19)25(36)9-12-34-10-3-2-4-11-34/h5-7,15-18H,2-4,8-14H2,1H3,(H2,28,29,31,32). The summed E-state index contributed by atoms with van der Waals surface area (Å²) in [5, 5.41) is 9.78. The van der Waals surface area contributed by atoms with Crippen LogP contribution in [0.3, 0.4) is 0 Å². The summed E-state index contributed by atoms with van der Waals surface area (Å²) < 4.78 is 1.86. The summed E-state index contributed by atoms with van der Waals surface area (Å²) in [6.07, 6.45) is 10.9. The van der Waals surface area contributed by atoms with E-state index in [2.05, 4.69) is 54.5 Å². The van der Waals surface area contributed by atoms with E-state index in [1.807, 2.05) is 28.9 Å². The molecule has 186 valence electrons. The number of H-pyrrole nitrogens is 1. The van der Waals surface area contributed by atoms with E-state index in [1.54, 1.807) is 6.33 Å². The highest BCUT2D eigenvalue weighted by atomic mass is 16.2. The van der Waals surface area contributed by atoms with Crippen molar-refractivity contribution >= 4 is 44.9 Å². The topological polar surface area (TPSA) is 95.0 Å². The second kappa shape index (κ2) is 9.73. The number of benzene rings is 1. The number of nitrogens with one attached hydrogen (secondary N) is 2. The predicted molar refractivity (Wildman–Crippen MR) is 142 cm³/mol. The average Bonchev–Trinajstić information content (AvgIpc) is 3.52. The minimum Gasteiger partial charge on any atom is -0.340 e. The van der Waals surface area contributed by atoms with Crippen molar-refractivity contribution in [2.45, 2.75) is 32.1 Å². The van der Waals surface area contributed by atoms with Crippen LogP contribution in [0.5, 0.6) is 0 Å². The van der Waals surface area contributed by atoms with E-state index in [0.717, 1.165) is 71.7 Å². The Hall–Kier alpha value is -3.72. The fourth-order valence-electron chi connectivity index (χ4n) is 5.33. The van der Waals surface area contributed by atoms with Gasteiger partial charge in [-0.15, -0.1) is 0 Å². The van der Waals surface area contributed by atoms with Crippen molar-refractivity contribution in [3.05, 3.63) is 48.6 Å². The fraction of sp³-hybridized carbons (Fsp3) is 0.407. The molecule has 1 amide bonds. The molecule has 0 bridgehead atoms. The molecule has 9 nitrogen and oxygen atoms in total. The molecule has 0 aliphatic carbocycles. The van der Waals surface area contributed by atoms with Gasteiger partial charge in [0.15, 0.2) is 0 Å². The van der Waals surface area contributed by atoms with Gasteiger partial charge in [-0.25, -0.2) is 9.97 Å². The zero-order valence-electron chi connectivity index (χ0n) is 20.7. The van der Waals surface area contributed by atoms with E-state index in [1.165, 1.54) is 24.8 Å². The molecule has 1 saturated heterocycles. The molecule has 4 aromatic rings. The number of rotatable bonds is 6. The van der Waals surface area contributed by atoms with E-state index in [4.69, 9.17) is 0 Å². The molecule has 5 heterocycles. The first-order valence-corrected chi connectivity index (χ1v) is 12.9. The van der Waals surface area contributed by atoms with Gasteiger partial charge in [-0.3, -0.25) is 9.48 Å². The third-order valence-electron chi connectivity index (χ3n) is 7.43. The van der Waals surface area contributed by atoms with E-state index in [0.29, 0.717) is 13.0 Å². The lowest BCUT2D eigenvalue weighted by Crippen LogP contribution is -2.38. The number of aromatic nitrogens is 5. The number of aromatic amines is 1. The molecule has 0 spiro atoms. The van der Waals surface area contributed by atoms with Gasteiger partial charge in [0.25, 0.3) is 0 Å². The van der Waals surface area contributed by atoms with Gasteiger partial charge in [0.2, 0.25) is 5.91 Å². The molecule has 9 heteroatoms. The van der Waals surface area contributed by atoms with Crippen LogP contribution in [0.15, 0.2) is 42.9 Å². The van der Waals surface area contributed by atoms with Gasteiger partial charge >= 0.3 is 0 Å². The Labute approximate surface area is 210 Å². The number of aryl methyl sites for hydroxylation is 1. The second-order valence-electron chi connectivity index (χ2n) is 9.81. The Morgan fingerprint density at radius 3 is 2.83 bits per heavy atom. The molecule has 2 aliphatic rings. The van der Waals surface area contributed by atoms with Crippen LogP contribution < -0.4 is 5.32 Å². The van der Waals surface area contributed by atoms with Crippen molar-refractivity contribution in [2.75, 3.05) is 38.0 Å². The number of amides is 1. The maximum Gasteiger partial charge on any atom is 0.224 e.